The first-order valence-corrected chi connectivity index (χ1v) is 15.3. The molecule has 0 radical (unpaired) electrons. The second-order valence-corrected chi connectivity index (χ2v) is 13.3. The van der Waals surface area contributed by atoms with Gasteiger partial charge >= 0.3 is 0 Å². The van der Waals surface area contributed by atoms with Crippen molar-refractivity contribution in [1.82, 2.24) is 24.9 Å². The number of H-pyrrole nitrogens is 1. The van der Waals surface area contributed by atoms with Crippen LogP contribution in [-0.2, 0) is 15.4 Å². The molecule has 42 heavy (non-hydrogen) atoms. The molecule has 0 spiro atoms. The molecule has 5 rings (SSSR count). The molecule has 12 heteroatoms. The van der Waals surface area contributed by atoms with Crippen molar-refractivity contribution in [2.75, 3.05) is 18.6 Å². The molecule has 0 atom stereocenters. The highest BCUT2D eigenvalue weighted by molar-refractivity contribution is 7.90. The summed E-state index contributed by atoms with van der Waals surface area (Å²) in [5.41, 5.74) is 3.20. The van der Waals surface area contributed by atoms with Gasteiger partial charge in [-0.1, -0.05) is 6.07 Å². The van der Waals surface area contributed by atoms with Crippen molar-refractivity contribution < 1.29 is 27.4 Å². The Morgan fingerprint density at radius 2 is 1.79 bits per heavy atom. The summed E-state index contributed by atoms with van der Waals surface area (Å²) < 4.78 is 45.3. The summed E-state index contributed by atoms with van der Waals surface area (Å²) in [7, 11) is -3.25. The number of hydrogen-bond donors (Lipinski definition) is 3. The molecule has 5 aromatic rings. The topological polar surface area (TPSA) is 139 Å². The van der Waals surface area contributed by atoms with E-state index in [1.165, 1.54) is 12.1 Å². The number of aliphatic hydroxyl groups is 1. The zero-order valence-corrected chi connectivity index (χ0v) is 25.0. The first-order valence-electron chi connectivity index (χ1n) is 13.3. The number of carbonyl (C=O) groups excluding carboxylic acids is 1. The van der Waals surface area contributed by atoms with E-state index in [9.17, 15) is 22.7 Å². The number of aromatic nitrogens is 4. The Kier molecular flexibility index (Phi) is 7.32. The molecule has 0 saturated carbocycles. The van der Waals surface area contributed by atoms with E-state index in [0.29, 0.717) is 61.7 Å². The van der Waals surface area contributed by atoms with E-state index in [1.54, 1.807) is 57.2 Å². The lowest BCUT2D eigenvalue weighted by atomic mass is 9.93. The van der Waals surface area contributed by atoms with Crippen molar-refractivity contribution in [3.63, 3.8) is 0 Å². The third-order valence-electron chi connectivity index (χ3n) is 7.07. The van der Waals surface area contributed by atoms with Gasteiger partial charge in [-0.2, -0.15) is 0 Å². The van der Waals surface area contributed by atoms with Crippen LogP contribution in [0.4, 0.5) is 4.39 Å². The van der Waals surface area contributed by atoms with Crippen molar-refractivity contribution in [2.45, 2.75) is 40.2 Å². The van der Waals surface area contributed by atoms with Gasteiger partial charge in [-0.05, 0) is 81.6 Å². The number of fused-ring (bicyclic) bond motifs is 3. The van der Waals surface area contributed by atoms with Crippen LogP contribution in [-0.4, -0.2) is 57.6 Å². The van der Waals surface area contributed by atoms with E-state index >= 15 is 0 Å². The Morgan fingerprint density at radius 3 is 2.43 bits per heavy atom. The van der Waals surface area contributed by atoms with Gasteiger partial charge in [0.25, 0.3) is 5.91 Å². The maximum absolute atomic E-state index is 14.0. The predicted octanol–water partition coefficient (Wildman–Crippen LogP) is 4.74. The number of nitrogens with zero attached hydrogens (tertiary/aromatic N) is 3. The molecule has 1 amide bonds. The number of sulfone groups is 1. The van der Waals surface area contributed by atoms with Gasteiger partial charge in [0.05, 0.1) is 16.9 Å². The summed E-state index contributed by atoms with van der Waals surface area (Å²) in [6.07, 6.45) is 2.95. The van der Waals surface area contributed by atoms with E-state index in [4.69, 9.17) is 4.74 Å². The van der Waals surface area contributed by atoms with Gasteiger partial charge in [0.1, 0.15) is 38.7 Å². The number of rotatable bonds is 8. The van der Waals surface area contributed by atoms with Gasteiger partial charge in [-0.25, -0.2) is 12.8 Å². The van der Waals surface area contributed by atoms with Crippen molar-refractivity contribution in [1.29, 1.82) is 0 Å². The number of ether oxygens (including phenoxy) is 1. The zero-order chi connectivity index (χ0) is 30.6. The van der Waals surface area contributed by atoms with Gasteiger partial charge < -0.3 is 20.1 Å². The van der Waals surface area contributed by atoms with Crippen molar-refractivity contribution >= 4 is 32.3 Å². The average molecular weight is 594 g/mol. The van der Waals surface area contributed by atoms with Crippen LogP contribution in [0.5, 0.6) is 11.5 Å². The molecule has 10 nitrogen and oxygen atoms in total. The third-order valence-corrected chi connectivity index (χ3v) is 8.02. The fraction of sp³-hybridized carbons (Fsp3) is 0.300. The van der Waals surface area contributed by atoms with Crippen LogP contribution in [0.3, 0.4) is 0 Å². The number of hydrogen-bond acceptors (Lipinski definition) is 7. The summed E-state index contributed by atoms with van der Waals surface area (Å²) in [6.45, 7) is 8.65. The van der Waals surface area contributed by atoms with E-state index in [2.05, 4.69) is 20.5 Å². The number of nitrogens with one attached hydrogen (secondary N) is 2. The minimum Gasteiger partial charge on any atom is -0.456 e. The van der Waals surface area contributed by atoms with Gasteiger partial charge in [0, 0.05) is 35.5 Å². The molecule has 220 valence electrons. The Balaban J connectivity index is 1.72. The number of aromatic amines is 1. The summed E-state index contributed by atoms with van der Waals surface area (Å²) in [4.78, 5) is 16.1. The van der Waals surface area contributed by atoms with Gasteiger partial charge in [0.15, 0.2) is 5.65 Å². The molecule has 3 heterocycles. The maximum Gasteiger partial charge on any atom is 0.267 e. The highest BCUT2D eigenvalue weighted by Crippen LogP contribution is 2.42. The molecule has 0 bridgehead atoms. The molecule has 0 fully saturated rings. The molecule has 0 aliphatic carbocycles. The molecule has 3 N–H and O–H groups in total. The van der Waals surface area contributed by atoms with Gasteiger partial charge in [-0.15, -0.1) is 10.2 Å². The van der Waals surface area contributed by atoms with Crippen LogP contribution < -0.4 is 10.1 Å². The first-order chi connectivity index (χ1) is 19.6. The fourth-order valence-electron chi connectivity index (χ4n) is 4.90. The van der Waals surface area contributed by atoms with Crippen LogP contribution in [0.2, 0.25) is 0 Å². The van der Waals surface area contributed by atoms with E-state index < -0.39 is 21.3 Å². The summed E-state index contributed by atoms with van der Waals surface area (Å²) in [5, 5.41) is 22.6. The zero-order valence-electron chi connectivity index (χ0n) is 24.2. The molecule has 2 aromatic carbocycles. The standard InChI is InChI=1S/C30H32FN5O5S/c1-16-11-20(31)12-17(2)27(16)41-25-8-7-19(30(4,5)38)13-21(25)23-15-36-18(3)34-35-28(36)26-22(23)14-24(33-26)29(37)32-9-10-42(6,39)40/h7-8,11-15,33,38H,9-10H2,1-6H3,(H,32,37). The van der Waals surface area contributed by atoms with Crippen molar-refractivity contribution in [2.24, 2.45) is 0 Å². The quantitative estimate of drug-likeness (QED) is 0.236. The average Bonchev–Trinajstić information content (AvgIpc) is 3.48. The molecular formula is C30H32FN5O5S. The minimum atomic E-state index is -3.25. The first kappa shape index (κ1) is 29.2. The molecule has 3 aromatic heterocycles. The smallest absolute Gasteiger partial charge is 0.267 e. The maximum atomic E-state index is 14.0. The lowest BCUT2D eigenvalue weighted by molar-refractivity contribution is 0.0786. The Bertz CT molecular complexity index is 1950. The monoisotopic (exact) mass is 593 g/mol. The minimum absolute atomic E-state index is 0.0403. The lowest BCUT2D eigenvalue weighted by Crippen LogP contribution is -2.28. The van der Waals surface area contributed by atoms with Crippen molar-refractivity contribution in [3.8, 4) is 22.6 Å². The Hall–Kier alpha value is -4.29. The van der Waals surface area contributed by atoms with Crippen molar-refractivity contribution in [3.05, 3.63) is 76.6 Å². The second-order valence-electron chi connectivity index (χ2n) is 11.1. The molecular weight excluding hydrogens is 561 g/mol. The number of carbonyl (C=O) groups is 1. The van der Waals surface area contributed by atoms with Crippen LogP contribution in [0.25, 0.3) is 27.7 Å². The Morgan fingerprint density at radius 1 is 1.10 bits per heavy atom. The molecule has 0 aliphatic heterocycles. The SMILES string of the molecule is Cc1cc(F)cc(C)c1Oc1ccc(C(C)(C)O)cc1-c1cn2c(C)nnc2c2[nH]c(C(=O)NCCS(C)(=O)=O)cc12. The van der Waals surface area contributed by atoms with Gasteiger partial charge in [0.2, 0.25) is 0 Å². The summed E-state index contributed by atoms with van der Waals surface area (Å²) in [6, 6.07) is 9.82. The van der Waals surface area contributed by atoms with Crippen LogP contribution >= 0.6 is 0 Å². The van der Waals surface area contributed by atoms with Crippen LogP contribution in [0, 0.1) is 26.6 Å². The number of amides is 1. The van der Waals surface area contributed by atoms with E-state index in [1.807, 2.05) is 12.3 Å². The number of benzene rings is 2. The van der Waals surface area contributed by atoms with E-state index in [-0.39, 0.29) is 23.8 Å². The second kappa shape index (κ2) is 10.5. The highest BCUT2D eigenvalue weighted by atomic mass is 32.2. The predicted molar refractivity (Wildman–Crippen MR) is 158 cm³/mol. The number of aryl methyl sites for hydroxylation is 3. The summed E-state index contributed by atoms with van der Waals surface area (Å²) >= 11 is 0. The fourth-order valence-corrected chi connectivity index (χ4v) is 5.37. The normalized spacial score (nSPS) is 12.3. The van der Waals surface area contributed by atoms with Crippen LogP contribution in [0.15, 0.2) is 42.6 Å². The molecule has 0 aliphatic rings. The highest BCUT2D eigenvalue weighted by Gasteiger charge is 2.24. The molecule has 0 unspecified atom stereocenters. The Labute approximate surface area is 242 Å². The number of pyridine rings is 1. The third kappa shape index (κ3) is 5.72. The largest absolute Gasteiger partial charge is 0.456 e. The van der Waals surface area contributed by atoms with Crippen LogP contribution in [0.1, 0.15) is 46.9 Å². The van der Waals surface area contributed by atoms with Gasteiger partial charge in [-0.3, -0.25) is 9.20 Å². The lowest BCUT2D eigenvalue weighted by Gasteiger charge is -2.22. The molecule has 0 saturated heterocycles. The number of halogens is 1. The summed E-state index contributed by atoms with van der Waals surface area (Å²) in [5.74, 6) is 0.534. The van der Waals surface area contributed by atoms with E-state index in [0.717, 1.165) is 6.26 Å².